The molecule has 0 fully saturated rings. The summed E-state index contributed by atoms with van der Waals surface area (Å²) in [6.45, 7) is 0. The van der Waals surface area contributed by atoms with Gasteiger partial charge in [0.05, 0.1) is 21.9 Å². The van der Waals surface area contributed by atoms with Crippen molar-refractivity contribution in [2.24, 2.45) is 0 Å². The molecule has 3 aromatic rings. The van der Waals surface area contributed by atoms with Gasteiger partial charge < -0.3 is 11.1 Å². The lowest BCUT2D eigenvalue weighted by Crippen LogP contribution is -2.14. The molecule has 1 amide bonds. The summed E-state index contributed by atoms with van der Waals surface area (Å²) >= 11 is 6.07. The van der Waals surface area contributed by atoms with Gasteiger partial charge in [-0.2, -0.15) is 0 Å². The Balaban J connectivity index is 2.02. The van der Waals surface area contributed by atoms with Gasteiger partial charge in [0.1, 0.15) is 0 Å². The van der Waals surface area contributed by atoms with Crippen molar-refractivity contribution < 1.29 is 4.79 Å². The van der Waals surface area contributed by atoms with Crippen molar-refractivity contribution in [3.8, 4) is 0 Å². The number of pyridine rings is 1. The van der Waals surface area contributed by atoms with Gasteiger partial charge in [0.2, 0.25) is 0 Å². The van der Waals surface area contributed by atoms with Crippen LogP contribution >= 0.6 is 11.6 Å². The molecule has 0 atom stereocenters. The van der Waals surface area contributed by atoms with Crippen molar-refractivity contribution in [2.75, 3.05) is 11.1 Å². The van der Waals surface area contributed by atoms with Crippen LogP contribution in [0.1, 0.15) is 10.4 Å². The second-order valence-electron chi connectivity index (χ2n) is 4.53. The number of hydrogen-bond acceptors (Lipinski definition) is 3. The summed E-state index contributed by atoms with van der Waals surface area (Å²) in [7, 11) is 0. The van der Waals surface area contributed by atoms with Crippen LogP contribution in [0, 0.1) is 0 Å². The van der Waals surface area contributed by atoms with E-state index in [1.54, 1.807) is 42.6 Å². The van der Waals surface area contributed by atoms with E-state index in [4.69, 9.17) is 17.3 Å². The molecule has 5 heteroatoms. The molecule has 3 rings (SSSR count). The fourth-order valence-corrected chi connectivity index (χ4v) is 2.38. The summed E-state index contributed by atoms with van der Waals surface area (Å²) in [6.07, 6.45) is 1.69. The molecular weight excluding hydrogens is 286 g/mol. The lowest BCUT2D eigenvalue weighted by atomic mass is 10.1. The van der Waals surface area contributed by atoms with Gasteiger partial charge in [-0.3, -0.25) is 9.78 Å². The first-order chi connectivity index (χ1) is 10.2. The molecule has 1 heterocycles. The van der Waals surface area contributed by atoms with Crippen LogP contribution in [0.25, 0.3) is 10.9 Å². The minimum Gasteiger partial charge on any atom is -0.397 e. The highest BCUT2D eigenvalue weighted by atomic mass is 35.5. The number of aromatic nitrogens is 1. The number of halogens is 1. The lowest BCUT2D eigenvalue weighted by molar-refractivity contribution is 0.102. The smallest absolute Gasteiger partial charge is 0.256 e. The van der Waals surface area contributed by atoms with Crippen molar-refractivity contribution in [1.82, 2.24) is 4.98 Å². The predicted octanol–water partition coefficient (Wildman–Crippen LogP) is 3.72. The predicted molar refractivity (Wildman–Crippen MR) is 85.6 cm³/mol. The second kappa shape index (κ2) is 5.42. The van der Waals surface area contributed by atoms with Crippen LogP contribution in [-0.2, 0) is 0 Å². The number of nitrogen functional groups attached to an aromatic ring is 1. The maximum absolute atomic E-state index is 12.5. The molecule has 104 valence electrons. The zero-order valence-electron chi connectivity index (χ0n) is 11.0. The molecule has 21 heavy (non-hydrogen) atoms. The van der Waals surface area contributed by atoms with E-state index in [1.165, 1.54) is 0 Å². The number of fused-ring (bicyclic) bond motifs is 1. The van der Waals surface area contributed by atoms with Gasteiger partial charge in [-0.1, -0.05) is 29.8 Å². The van der Waals surface area contributed by atoms with E-state index < -0.39 is 0 Å². The number of nitrogens with zero attached hydrogens (tertiary/aromatic N) is 1. The molecule has 3 N–H and O–H groups in total. The molecule has 1 aromatic heterocycles. The zero-order chi connectivity index (χ0) is 14.8. The number of carbonyl (C=O) groups excluding carboxylic acids is 1. The number of hydrogen-bond donors (Lipinski definition) is 2. The van der Waals surface area contributed by atoms with Gasteiger partial charge in [-0.15, -0.1) is 0 Å². The number of benzene rings is 2. The van der Waals surface area contributed by atoms with Crippen molar-refractivity contribution in [3.63, 3.8) is 0 Å². The van der Waals surface area contributed by atoms with Crippen LogP contribution in [0.3, 0.4) is 0 Å². The van der Waals surface area contributed by atoms with E-state index in [1.807, 2.05) is 12.1 Å². The van der Waals surface area contributed by atoms with Crippen molar-refractivity contribution in [2.45, 2.75) is 0 Å². The average Bonchev–Trinajstić information content (AvgIpc) is 2.50. The molecule has 0 unspecified atom stereocenters. The van der Waals surface area contributed by atoms with Crippen LogP contribution in [0.5, 0.6) is 0 Å². The highest BCUT2D eigenvalue weighted by Crippen LogP contribution is 2.29. The number of nitrogens with one attached hydrogen (secondary N) is 1. The number of nitrogens with two attached hydrogens (primary N) is 1. The summed E-state index contributed by atoms with van der Waals surface area (Å²) < 4.78 is 0. The van der Waals surface area contributed by atoms with E-state index in [9.17, 15) is 4.79 Å². The second-order valence-corrected chi connectivity index (χ2v) is 4.94. The molecule has 0 radical (unpaired) electrons. The minimum absolute atomic E-state index is 0.270. The Morgan fingerprint density at radius 2 is 1.90 bits per heavy atom. The maximum Gasteiger partial charge on any atom is 0.256 e. The van der Waals surface area contributed by atoms with Crippen molar-refractivity contribution >= 4 is 39.8 Å². The third-order valence-electron chi connectivity index (χ3n) is 3.17. The monoisotopic (exact) mass is 297 g/mol. The number of amides is 1. The summed E-state index contributed by atoms with van der Waals surface area (Å²) in [5.41, 5.74) is 7.98. The SMILES string of the molecule is Nc1cccc(Cl)c1NC(=O)c1cccc2ncccc12. The Hall–Kier alpha value is -2.59. The Labute approximate surface area is 126 Å². The van der Waals surface area contributed by atoms with Crippen LogP contribution in [0.15, 0.2) is 54.7 Å². The number of rotatable bonds is 2. The van der Waals surface area contributed by atoms with E-state index >= 15 is 0 Å². The molecule has 4 nitrogen and oxygen atoms in total. The first kappa shape index (κ1) is 13.4. The van der Waals surface area contributed by atoms with Gasteiger partial charge in [-0.05, 0) is 30.3 Å². The molecule has 0 aliphatic heterocycles. The summed E-state index contributed by atoms with van der Waals surface area (Å²) in [6, 6.07) is 14.1. The highest BCUT2D eigenvalue weighted by molar-refractivity contribution is 6.34. The first-order valence-electron chi connectivity index (χ1n) is 6.36. The number of anilines is 2. The van der Waals surface area contributed by atoms with Crippen LogP contribution < -0.4 is 11.1 Å². The molecule has 2 aromatic carbocycles. The average molecular weight is 298 g/mol. The van der Waals surface area contributed by atoms with Crippen LogP contribution in [0.4, 0.5) is 11.4 Å². The zero-order valence-corrected chi connectivity index (χ0v) is 11.8. The molecule has 0 aliphatic rings. The molecule has 0 saturated heterocycles. The van der Waals surface area contributed by atoms with E-state index in [2.05, 4.69) is 10.3 Å². The van der Waals surface area contributed by atoms with Crippen molar-refractivity contribution in [3.05, 3.63) is 65.3 Å². The summed E-state index contributed by atoms with van der Waals surface area (Å²) in [5.74, 6) is -0.270. The minimum atomic E-state index is -0.270. The van der Waals surface area contributed by atoms with Crippen LogP contribution in [-0.4, -0.2) is 10.9 Å². The molecule has 0 spiro atoms. The Bertz CT molecular complexity index is 807. The Morgan fingerprint density at radius 1 is 1.10 bits per heavy atom. The van der Waals surface area contributed by atoms with Gasteiger partial charge >= 0.3 is 0 Å². The van der Waals surface area contributed by atoms with E-state index in [-0.39, 0.29) is 5.91 Å². The fraction of sp³-hybridized carbons (Fsp3) is 0. The summed E-state index contributed by atoms with van der Waals surface area (Å²) in [5, 5.41) is 3.95. The first-order valence-corrected chi connectivity index (χ1v) is 6.73. The fourth-order valence-electron chi connectivity index (χ4n) is 2.15. The molecule has 0 saturated carbocycles. The number of carbonyl (C=O) groups is 1. The Morgan fingerprint density at radius 3 is 2.71 bits per heavy atom. The third-order valence-corrected chi connectivity index (χ3v) is 3.49. The van der Waals surface area contributed by atoms with Gasteiger partial charge in [-0.25, -0.2) is 0 Å². The van der Waals surface area contributed by atoms with Gasteiger partial charge in [0, 0.05) is 17.1 Å². The van der Waals surface area contributed by atoms with E-state index in [0.717, 1.165) is 10.9 Å². The molecule has 0 aliphatic carbocycles. The lowest BCUT2D eigenvalue weighted by Gasteiger charge is -2.11. The topological polar surface area (TPSA) is 68.0 Å². The quantitative estimate of drug-likeness (QED) is 0.708. The molecule has 0 bridgehead atoms. The van der Waals surface area contributed by atoms with Crippen molar-refractivity contribution in [1.29, 1.82) is 0 Å². The third kappa shape index (κ3) is 2.53. The summed E-state index contributed by atoms with van der Waals surface area (Å²) in [4.78, 5) is 16.7. The largest absolute Gasteiger partial charge is 0.397 e. The van der Waals surface area contributed by atoms with Crippen LogP contribution in [0.2, 0.25) is 5.02 Å². The van der Waals surface area contributed by atoms with E-state index in [0.29, 0.717) is 22.0 Å². The maximum atomic E-state index is 12.5. The van der Waals surface area contributed by atoms with Gasteiger partial charge in [0.15, 0.2) is 0 Å². The molecular formula is C16H12ClN3O. The normalized spacial score (nSPS) is 10.5. The highest BCUT2D eigenvalue weighted by Gasteiger charge is 2.13. The standard InChI is InChI=1S/C16H12ClN3O/c17-12-6-2-7-13(18)15(12)20-16(21)11-4-1-8-14-10(11)5-3-9-19-14/h1-9H,18H2,(H,20,21). The Kier molecular flexibility index (Phi) is 3.46. The van der Waals surface area contributed by atoms with Gasteiger partial charge in [0.25, 0.3) is 5.91 Å². The number of para-hydroxylation sites is 1.